The molecule has 0 saturated carbocycles. The predicted molar refractivity (Wildman–Crippen MR) is 104 cm³/mol. The van der Waals surface area contributed by atoms with E-state index in [1.54, 1.807) is 12.1 Å². The Morgan fingerprint density at radius 1 is 1.28 bits per heavy atom. The summed E-state index contributed by atoms with van der Waals surface area (Å²) in [5.41, 5.74) is 2.41. The zero-order chi connectivity index (χ0) is 18.0. The zero-order valence-electron chi connectivity index (χ0n) is 13.5. The molecule has 3 aromatic rings. The average Bonchev–Trinajstić information content (AvgIpc) is 2.60. The van der Waals surface area contributed by atoms with Crippen LogP contribution in [0.5, 0.6) is 0 Å². The van der Waals surface area contributed by atoms with Crippen molar-refractivity contribution in [3.05, 3.63) is 68.1 Å². The van der Waals surface area contributed by atoms with Gasteiger partial charge in [0, 0.05) is 12.2 Å². The van der Waals surface area contributed by atoms with Crippen LogP contribution >= 0.6 is 27.5 Å². The smallest absolute Gasteiger partial charge is 0.262 e. The lowest BCUT2D eigenvalue weighted by atomic mass is 10.2. The number of hydrogen-bond donors (Lipinski definition) is 2. The molecule has 2 N–H and O–H groups in total. The van der Waals surface area contributed by atoms with E-state index in [1.165, 1.54) is 16.5 Å². The third-order valence-corrected chi connectivity index (χ3v) is 5.25. The van der Waals surface area contributed by atoms with Crippen molar-refractivity contribution >= 4 is 44.1 Å². The second-order valence-electron chi connectivity index (χ2n) is 5.86. The van der Waals surface area contributed by atoms with Crippen molar-refractivity contribution in [3.8, 4) is 0 Å². The van der Waals surface area contributed by atoms with E-state index in [1.807, 2.05) is 31.2 Å². The number of aliphatic hydroxyl groups excluding tert-OH is 1. The Bertz CT molecular complexity index is 957. The van der Waals surface area contributed by atoms with Gasteiger partial charge in [0.2, 0.25) is 0 Å². The van der Waals surface area contributed by atoms with Crippen molar-refractivity contribution in [2.24, 2.45) is 0 Å². The molecule has 0 saturated heterocycles. The molecule has 5 nitrogen and oxygen atoms in total. The first-order chi connectivity index (χ1) is 12.0. The van der Waals surface area contributed by atoms with E-state index in [9.17, 15) is 9.90 Å². The SMILES string of the molecule is Cc1ccc(NC[C@@H](O)Cn2cnc3ccc(Cl)c(Br)c3c2=O)cc1. The minimum Gasteiger partial charge on any atom is -0.389 e. The van der Waals surface area contributed by atoms with Gasteiger partial charge in [-0.2, -0.15) is 0 Å². The largest absolute Gasteiger partial charge is 0.389 e. The van der Waals surface area contributed by atoms with Crippen LogP contribution in [0, 0.1) is 6.92 Å². The number of aliphatic hydroxyl groups is 1. The van der Waals surface area contributed by atoms with Gasteiger partial charge in [0.1, 0.15) is 0 Å². The highest BCUT2D eigenvalue weighted by molar-refractivity contribution is 9.10. The number of hydrogen-bond acceptors (Lipinski definition) is 4. The highest BCUT2D eigenvalue weighted by atomic mass is 79.9. The molecule has 1 atom stereocenters. The van der Waals surface area contributed by atoms with E-state index in [-0.39, 0.29) is 12.1 Å². The lowest BCUT2D eigenvalue weighted by molar-refractivity contribution is 0.165. The van der Waals surface area contributed by atoms with Gasteiger partial charge in [-0.3, -0.25) is 9.36 Å². The number of nitrogens with zero attached hydrogens (tertiary/aromatic N) is 2. The number of benzene rings is 2. The first-order valence-electron chi connectivity index (χ1n) is 7.77. The first-order valence-corrected chi connectivity index (χ1v) is 8.94. The number of rotatable bonds is 5. The Kier molecular flexibility index (Phi) is 5.42. The molecule has 1 aromatic heterocycles. The minimum atomic E-state index is -0.740. The molecule has 2 aromatic carbocycles. The van der Waals surface area contributed by atoms with Crippen molar-refractivity contribution in [1.29, 1.82) is 0 Å². The predicted octanol–water partition coefficient (Wildman–Crippen LogP) is 3.59. The Labute approximate surface area is 158 Å². The fourth-order valence-corrected chi connectivity index (χ4v) is 3.17. The molecule has 130 valence electrons. The summed E-state index contributed by atoms with van der Waals surface area (Å²) >= 11 is 9.40. The number of aromatic nitrogens is 2. The molecule has 7 heteroatoms. The summed E-state index contributed by atoms with van der Waals surface area (Å²) in [7, 11) is 0. The van der Waals surface area contributed by atoms with Crippen LogP contribution in [0.25, 0.3) is 10.9 Å². The molecule has 0 aliphatic carbocycles. The fourth-order valence-electron chi connectivity index (χ4n) is 2.51. The summed E-state index contributed by atoms with van der Waals surface area (Å²) in [4.78, 5) is 16.9. The second-order valence-corrected chi connectivity index (χ2v) is 7.06. The van der Waals surface area contributed by atoms with Crippen LogP contribution < -0.4 is 10.9 Å². The van der Waals surface area contributed by atoms with Crippen LogP contribution in [0.4, 0.5) is 5.69 Å². The summed E-state index contributed by atoms with van der Waals surface area (Å²) in [5, 5.41) is 14.3. The molecule has 1 heterocycles. The standard InChI is InChI=1S/C18H17BrClN3O2/c1-11-2-4-12(5-3-11)21-8-13(24)9-23-10-22-15-7-6-14(20)17(19)16(15)18(23)25/h2-7,10,13,21,24H,8-9H2,1H3/t13-/m1/s1. The number of halogens is 2. The zero-order valence-corrected chi connectivity index (χ0v) is 15.9. The Morgan fingerprint density at radius 2 is 2.00 bits per heavy atom. The van der Waals surface area contributed by atoms with E-state index in [2.05, 4.69) is 26.2 Å². The van der Waals surface area contributed by atoms with E-state index < -0.39 is 6.10 Å². The second kappa shape index (κ2) is 7.56. The van der Waals surface area contributed by atoms with Gasteiger partial charge in [0.15, 0.2) is 0 Å². The van der Waals surface area contributed by atoms with Crippen molar-refractivity contribution in [2.75, 3.05) is 11.9 Å². The fraction of sp³-hybridized carbons (Fsp3) is 0.222. The van der Waals surface area contributed by atoms with Crippen LogP contribution in [-0.4, -0.2) is 27.3 Å². The lowest BCUT2D eigenvalue weighted by Crippen LogP contribution is -2.31. The highest BCUT2D eigenvalue weighted by Gasteiger charge is 2.13. The summed E-state index contributed by atoms with van der Waals surface area (Å²) < 4.78 is 1.91. The number of anilines is 1. The molecule has 0 aliphatic heterocycles. The molecule has 0 amide bonds. The monoisotopic (exact) mass is 421 g/mol. The van der Waals surface area contributed by atoms with E-state index in [0.717, 1.165) is 5.69 Å². The maximum Gasteiger partial charge on any atom is 0.262 e. The summed E-state index contributed by atoms with van der Waals surface area (Å²) in [6, 6.07) is 11.3. The Morgan fingerprint density at radius 3 is 2.72 bits per heavy atom. The normalized spacial score (nSPS) is 12.3. The molecular formula is C18H17BrClN3O2. The van der Waals surface area contributed by atoms with Gasteiger partial charge in [-0.05, 0) is 47.1 Å². The maximum absolute atomic E-state index is 12.7. The van der Waals surface area contributed by atoms with Crippen LogP contribution in [-0.2, 0) is 6.54 Å². The number of nitrogens with one attached hydrogen (secondary N) is 1. The Balaban J connectivity index is 1.76. The Hall–Kier alpha value is -1.89. The van der Waals surface area contributed by atoms with Gasteiger partial charge >= 0.3 is 0 Å². The van der Waals surface area contributed by atoms with Gasteiger partial charge in [-0.15, -0.1) is 0 Å². The van der Waals surface area contributed by atoms with Crippen LogP contribution in [0.2, 0.25) is 5.02 Å². The van der Waals surface area contributed by atoms with Crippen molar-refractivity contribution in [2.45, 2.75) is 19.6 Å². The minimum absolute atomic E-state index is 0.138. The summed E-state index contributed by atoms with van der Waals surface area (Å²) in [5.74, 6) is 0. The molecular weight excluding hydrogens is 406 g/mol. The third kappa shape index (κ3) is 4.03. The van der Waals surface area contributed by atoms with Crippen LogP contribution in [0.3, 0.4) is 0 Å². The topological polar surface area (TPSA) is 67.2 Å². The molecule has 0 radical (unpaired) electrons. The highest BCUT2D eigenvalue weighted by Crippen LogP contribution is 2.27. The van der Waals surface area contributed by atoms with E-state index >= 15 is 0 Å². The van der Waals surface area contributed by atoms with Gasteiger partial charge in [-0.25, -0.2) is 4.98 Å². The van der Waals surface area contributed by atoms with Gasteiger partial charge in [-0.1, -0.05) is 29.3 Å². The third-order valence-electron chi connectivity index (χ3n) is 3.88. The van der Waals surface area contributed by atoms with Crippen LogP contribution in [0.1, 0.15) is 5.56 Å². The van der Waals surface area contributed by atoms with E-state index in [4.69, 9.17) is 11.6 Å². The molecule has 0 bridgehead atoms. The van der Waals surface area contributed by atoms with E-state index in [0.29, 0.717) is 26.9 Å². The maximum atomic E-state index is 12.7. The molecule has 0 fully saturated rings. The molecule has 0 unspecified atom stereocenters. The number of aryl methyl sites for hydroxylation is 1. The van der Waals surface area contributed by atoms with Gasteiger partial charge < -0.3 is 10.4 Å². The molecule has 0 aliphatic rings. The van der Waals surface area contributed by atoms with Crippen molar-refractivity contribution in [1.82, 2.24) is 9.55 Å². The van der Waals surface area contributed by atoms with Crippen molar-refractivity contribution in [3.63, 3.8) is 0 Å². The molecule has 0 spiro atoms. The summed E-state index contributed by atoms with van der Waals surface area (Å²) in [6.45, 7) is 2.48. The van der Waals surface area contributed by atoms with Crippen molar-refractivity contribution < 1.29 is 5.11 Å². The first kappa shape index (κ1) is 17.9. The van der Waals surface area contributed by atoms with Gasteiger partial charge in [0.25, 0.3) is 5.56 Å². The average molecular weight is 423 g/mol. The van der Waals surface area contributed by atoms with Crippen LogP contribution in [0.15, 0.2) is 52.0 Å². The quantitative estimate of drug-likeness (QED) is 0.659. The summed E-state index contributed by atoms with van der Waals surface area (Å²) in [6.07, 6.45) is 0.705. The lowest BCUT2D eigenvalue weighted by Gasteiger charge is -2.15. The number of fused-ring (bicyclic) bond motifs is 1. The van der Waals surface area contributed by atoms with Gasteiger partial charge in [0.05, 0.1) is 39.4 Å². The molecule has 3 rings (SSSR count). The molecule has 25 heavy (non-hydrogen) atoms.